The number of anilines is 1. The van der Waals surface area contributed by atoms with Crippen molar-refractivity contribution >= 4 is 17.4 Å². The van der Waals surface area contributed by atoms with Gasteiger partial charge in [-0.1, -0.05) is 24.3 Å². The predicted octanol–water partition coefficient (Wildman–Crippen LogP) is 3.41. The molecule has 29 heavy (non-hydrogen) atoms. The fourth-order valence-corrected chi connectivity index (χ4v) is 2.81. The predicted molar refractivity (Wildman–Crippen MR) is 116 cm³/mol. The molecular formula is C23H23N5O. The largest absolute Gasteiger partial charge is 0.405 e. The normalized spacial score (nSPS) is 11.6. The van der Waals surface area contributed by atoms with Gasteiger partial charge in [-0.25, -0.2) is 4.98 Å². The van der Waals surface area contributed by atoms with Crippen molar-refractivity contribution in [3.8, 4) is 11.1 Å². The van der Waals surface area contributed by atoms with Crippen LogP contribution in [0.1, 0.15) is 16.8 Å². The first-order valence-electron chi connectivity index (χ1n) is 9.17. The summed E-state index contributed by atoms with van der Waals surface area (Å²) in [6, 6.07) is 15.4. The van der Waals surface area contributed by atoms with Crippen molar-refractivity contribution in [3.63, 3.8) is 0 Å². The first-order valence-corrected chi connectivity index (χ1v) is 9.17. The Balaban J connectivity index is 1.60. The summed E-state index contributed by atoms with van der Waals surface area (Å²) in [6.07, 6.45) is 8.40. The molecular weight excluding hydrogens is 362 g/mol. The van der Waals surface area contributed by atoms with Gasteiger partial charge in [-0.05, 0) is 66.2 Å². The maximum absolute atomic E-state index is 12.3. The lowest BCUT2D eigenvalue weighted by atomic mass is 10.0. The highest BCUT2D eigenvalue weighted by Crippen LogP contribution is 2.20. The summed E-state index contributed by atoms with van der Waals surface area (Å²) in [7, 11) is 0. The van der Waals surface area contributed by atoms with Crippen LogP contribution < -0.4 is 16.8 Å². The lowest BCUT2D eigenvalue weighted by Gasteiger charge is -2.07. The van der Waals surface area contributed by atoms with Crippen LogP contribution in [0.25, 0.3) is 16.8 Å². The summed E-state index contributed by atoms with van der Waals surface area (Å²) in [5, 5.41) is 2.80. The van der Waals surface area contributed by atoms with Gasteiger partial charge in [-0.15, -0.1) is 0 Å². The maximum Gasteiger partial charge on any atom is 0.229 e. The Hall–Kier alpha value is -3.93. The number of benzene rings is 1. The lowest BCUT2D eigenvalue weighted by molar-refractivity contribution is -0.115. The first-order chi connectivity index (χ1) is 14.0. The fraction of sp³-hybridized carbons (Fsp3) is 0.0870. The van der Waals surface area contributed by atoms with Gasteiger partial charge in [-0.3, -0.25) is 9.78 Å². The summed E-state index contributed by atoms with van der Waals surface area (Å²) >= 11 is 0. The topological polar surface area (TPSA) is 107 Å². The van der Waals surface area contributed by atoms with E-state index in [-0.39, 0.29) is 12.3 Å². The van der Waals surface area contributed by atoms with Crippen LogP contribution in [0.3, 0.4) is 0 Å². The number of pyridine rings is 2. The minimum Gasteiger partial charge on any atom is -0.405 e. The molecule has 3 rings (SSSR count). The van der Waals surface area contributed by atoms with Gasteiger partial charge >= 0.3 is 0 Å². The van der Waals surface area contributed by atoms with Crippen molar-refractivity contribution in [1.29, 1.82) is 0 Å². The van der Waals surface area contributed by atoms with E-state index in [1.807, 2.05) is 43.3 Å². The highest BCUT2D eigenvalue weighted by Gasteiger charge is 2.07. The minimum atomic E-state index is -0.132. The Bertz CT molecular complexity index is 1040. The van der Waals surface area contributed by atoms with Gasteiger partial charge in [0.25, 0.3) is 0 Å². The molecule has 0 radical (unpaired) electrons. The number of nitrogens with zero attached hydrogens (tertiary/aromatic N) is 2. The zero-order valence-corrected chi connectivity index (χ0v) is 16.2. The average molecular weight is 385 g/mol. The van der Waals surface area contributed by atoms with Crippen molar-refractivity contribution < 1.29 is 4.79 Å². The SMILES string of the molecule is Cc1cc(-c2ccc(CC(=O)Nc3ccc(/C(N)=C/C=C\N)cn3)cc2)ccn1. The van der Waals surface area contributed by atoms with Crippen LogP contribution in [-0.4, -0.2) is 15.9 Å². The molecule has 5 N–H and O–H groups in total. The van der Waals surface area contributed by atoms with E-state index in [0.29, 0.717) is 11.5 Å². The number of allylic oxidation sites excluding steroid dienone is 2. The minimum absolute atomic E-state index is 0.132. The van der Waals surface area contributed by atoms with E-state index < -0.39 is 0 Å². The van der Waals surface area contributed by atoms with Crippen molar-refractivity contribution in [2.75, 3.05) is 5.32 Å². The van der Waals surface area contributed by atoms with Crippen molar-refractivity contribution in [3.05, 3.63) is 96.1 Å². The maximum atomic E-state index is 12.3. The number of rotatable bonds is 6. The number of hydrogen-bond donors (Lipinski definition) is 3. The Morgan fingerprint density at radius 3 is 2.52 bits per heavy atom. The van der Waals surface area contributed by atoms with Gasteiger partial charge in [-0.2, -0.15) is 0 Å². The van der Waals surface area contributed by atoms with Crippen molar-refractivity contribution in [1.82, 2.24) is 9.97 Å². The second kappa shape index (κ2) is 9.32. The van der Waals surface area contributed by atoms with E-state index in [9.17, 15) is 4.79 Å². The zero-order valence-electron chi connectivity index (χ0n) is 16.2. The van der Waals surface area contributed by atoms with Crippen LogP contribution in [0.5, 0.6) is 0 Å². The van der Waals surface area contributed by atoms with Gasteiger partial charge in [0.15, 0.2) is 0 Å². The Morgan fingerprint density at radius 1 is 1.07 bits per heavy atom. The number of aromatic nitrogens is 2. The molecule has 0 unspecified atom stereocenters. The van der Waals surface area contributed by atoms with Crippen LogP contribution >= 0.6 is 0 Å². The summed E-state index contributed by atoms with van der Waals surface area (Å²) in [5.74, 6) is 0.345. The molecule has 0 fully saturated rings. The first kappa shape index (κ1) is 19.8. The Labute approximate surface area is 170 Å². The highest BCUT2D eigenvalue weighted by molar-refractivity contribution is 5.91. The number of amides is 1. The van der Waals surface area contributed by atoms with Crippen LogP contribution in [0, 0.1) is 6.92 Å². The monoisotopic (exact) mass is 385 g/mol. The number of carbonyl (C=O) groups excluding carboxylic acids is 1. The number of carbonyl (C=O) groups is 1. The molecule has 0 spiro atoms. The third-order valence-corrected chi connectivity index (χ3v) is 4.30. The molecule has 1 aromatic carbocycles. The Morgan fingerprint density at radius 2 is 1.86 bits per heavy atom. The second-order valence-electron chi connectivity index (χ2n) is 6.55. The molecule has 1 amide bonds. The molecule has 3 aromatic rings. The number of aryl methyl sites for hydroxylation is 1. The quantitative estimate of drug-likeness (QED) is 0.564. The summed E-state index contributed by atoms with van der Waals surface area (Å²) in [5.41, 5.74) is 16.6. The van der Waals surface area contributed by atoms with Gasteiger partial charge in [0.05, 0.1) is 6.42 Å². The smallest absolute Gasteiger partial charge is 0.229 e. The van der Waals surface area contributed by atoms with Crippen molar-refractivity contribution in [2.24, 2.45) is 11.5 Å². The van der Waals surface area contributed by atoms with E-state index in [4.69, 9.17) is 11.5 Å². The molecule has 6 nitrogen and oxygen atoms in total. The summed E-state index contributed by atoms with van der Waals surface area (Å²) in [6.45, 7) is 1.96. The third-order valence-electron chi connectivity index (χ3n) is 4.30. The Kier molecular flexibility index (Phi) is 6.37. The van der Waals surface area contributed by atoms with E-state index in [0.717, 1.165) is 27.9 Å². The molecule has 0 atom stereocenters. The molecule has 146 valence electrons. The number of nitrogens with two attached hydrogens (primary N) is 2. The molecule has 0 bridgehead atoms. The molecule has 2 heterocycles. The van der Waals surface area contributed by atoms with Crippen LogP contribution in [-0.2, 0) is 11.2 Å². The van der Waals surface area contributed by atoms with E-state index in [2.05, 4.69) is 15.3 Å². The van der Waals surface area contributed by atoms with E-state index >= 15 is 0 Å². The van der Waals surface area contributed by atoms with Gasteiger partial charge in [0.2, 0.25) is 5.91 Å². The van der Waals surface area contributed by atoms with E-state index in [1.165, 1.54) is 6.20 Å². The molecule has 6 heteroatoms. The highest BCUT2D eigenvalue weighted by atomic mass is 16.1. The lowest BCUT2D eigenvalue weighted by Crippen LogP contribution is -2.15. The number of nitrogens with one attached hydrogen (secondary N) is 1. The third kappa shape index (κ3) is 5.52. The van der Waals surface area contributed by atoms with Crippen LogP contribution in [0.15, 0.2) is 79.3 Å². The van der Waals surface area contributed by atoms with Gasteiger partial charge in [0.1, 0.15) is 5.82 Å². The van der Waals surface area contributed by atoms with Gasteiger partial charge in [0, 0.05) is 29.3 Å². The summed E-state index contributed by atoms with van der Waals surface area (Å²) in [4.78, 5) is 20.8. The standard InChI is InChI=1S/C23H23N5O/c1-16-13-19(10-12-26-16)18-6-4-17(5-7-18)14-23(29)28-22-9-8-20(15-27-22)21(25)3-2-11-24/h2-13,15H,14,24-25H2,1H3,(H,27,28,29)/b11-2-,21-3-. The fourth-order valence-electron chi connectivity index (χ4n) is 2.81. The molecule has 0 aliphatic carbocycles. The van der Waals surface area contributed by atoms with Crippen LogP contribution in [0.2, 0.25) is 0 Å². The molecule has 0 saturated carbocycles. The average Bonchev–Trinajstić information content (AvgIpc) is 2.73. The van der Waals surface area contributed by atoms with Gasteiger partial charge < -0.3 is 16.8 Å². The second-order valence-corrected chi connectivity index (χ2v) is 6.55. The van der Waals surface area contributed by atoms with Crippen LogP contribution in [0.4, 0.5) is 5.82 Å². The zero-order chi connectivity index (χ0) is 20.6. The van der Waals surface area contributed by atoms with E-state index in [1.54, 1.807) is 36.7 Å². The number of hydrogen-bond acceptors (Lipinski definition) is 5. The molecule has 2 aromatic heterocycles. The molecule has 0 aliphatic heterocycles. The molecule has 0 aliphatic rings. The molecule has 0 saturated heterocycles. The summed E-state index contributed by atoms with van der Waals surface area (Å²) < 4.78 is 0. The van der Waals surface area contributed by atoms with Crippen molar-refractivity contribution in [2.45, 2.75) is 13.3 Å².